The molecule has 1 unspecified atom stereocenters. The summed E-state index contributed by atoms with van der Waals surface area (Å²) in [5.74, 6) is -2.53. The average Bonchev–Trinajstić information content (AvgIpc) is 2.87. The molecule has 1 aliphatic rings. The van der Waals surface area contributed by atoms with Crippen LogP contribution in [0.3, 0.4) is 0 Å². The van der Waals surface area contributed by atoms with E-state index in [1.807, 2.05) is 0 Å². The van der Waals surface area contributed by atoms with Gasteiger partial charge in [-0.25, -0.2) is 14.6 Å². The summed E-state index contributed by atoms with van der Waals surface area (Å²) in [7, 11) is 2.40. The molecule has 4 rings (SSSR count). The average molecular weight is 475 g/mol. The van der Waals surface area contributed by atoms with Crippen molar-refractivity contribution in [3.05, 3.63) is 94.2 Å². The third-order valence-electron chi connectivity index (χ3n) is 5.54. The number of nitrogens with zero attached hydrogens (tertiary/aromatic N) is 3. The molecule has 0 saturated heterocycles. The lowest BCUT2D eigenvalue weighted by Crippen LogP contribution is -2.40. The molecule has 9 heteroatoms. The van der Waals surface area contributed by atoms with Gasteiger partial charge in [-0.15, -0.1) is 0 Å². The van der Waals surface area contributed by atoms with E-state index in [4.69, 9.17) is 26.8 Å². The number of carbonyl (C=O) groups excluding carboxylic acids is 2. The molecule has 2 aromatic carbocycles. The number of pyridine rings is 1. The molecule has 0 amide bonds. The normalized spacial score (nSPS) is 15.8. The second-order valence-corrected chi connectivity index (χ2v) is 7.76. The Bertz CT molecular complexity index is 1410. The van der Waals surface area contributed by atoms with Gasteiger partial charge >= 0.3 is 11.9 Å². The summed E-state index contributed by atoms with van der Waals surface area (Å²) >= 11 is 5.99. The Balaban J connectivity index is 2.05. The fourth-order valence-electron chi connectivity index (χ4n) is 4.02. The first-order valence-corrected chi connectivity index (χ1v) is 10.5. The van der Waals surface area contributed by atoms with Crippen LogP contribution in [-0.2, 0) is 19.1 Å². The van der Waals surface area contributed by atoms with E-state index in [0.29, 0.717) is 21.8 Å². The standard InChI is InChI=1S/C25H19ClN4O4/c1-33-24(31)21-20(14-6-4-3-5-7-14)18(12-27)23(28)30(22(21)25(32)34-2)17-9-8-15-11-19(26)29-13-16(15)10-17/h3-11,13,20H,28H2,1-2H3. The van der Waals surface area contributed by atoms with Gasteiger partial charge in [0.2, 0.25) is 0 Å². The second-order valence-electron chi connectivity index (χ2n) is 7.37. The number of hydrogen-bond acceptors (Lipinski definition) is 8. The van der Waals surface area contributed by atoms with Gasteiger partial charge in [0.15, 0.2) is 0 Å². The highest BCUT2D eigenvalue weighted by Gasteiger charge is 2.42. The van der Waals surface area contributed by atoms with Gasteiger partial charge in [-0.1, -0.05) is 48.0 Å². The van der Waals surface area contributed by atoms with E-state index >= 15 is 0 Å². The number of ether oxygens (including phenoxy) is 2. The van der Waals surface area contributed by atoms with Gasteiger partial charge < -0.3 is 15.2 Å². The lowest BCUT2D eigenvalue weighted by molar-refractivity contribution is -0.139. The van der Waals surface area contributed by atoms with Gasteiger partial charge in [-0.2, -0.15) is 5.26 Å². The molecule has 2 N–H and O–H groups in total. The molecular formula is C25H19ClN4O4. The van der Waals surface area contributed by atoms with Crippen molar-refractivity contribution in [3.8, 4) is 6.07 Å². The van der Waals surface area contributed by atoms with Gasteiger partial charge in [-0.05, 0) is 29.1 Å². The number of methoxy groups -OCH3 is 2. The van der Waals surface area contributed by atoms with E-state index in [0.717, 1.165) is 5.39 Å². The minimum Gasteiger partial charge on any atom is -0.466 e. The van der Waals surface area contributed by atoms with E-state index in [-0.39, 0.29) is 22.7 Å². The Kier molecular flexibility index (Phi) is 6.21. The highest BCUT2D eigenvalue weighted by Crippen LogP contribution is 2.43. The Morgan fingerprint density at radius 3 is 2.41 bits per heavy atom. The van der Waals surface area contributed by atoms with Crippen molar-refractivity contribution in [2.75, 3.05) is 19.1 Å². The molecule has 0 bridgehead atoms. The number of allylic oxidation sites excluding steroid dienone is 1. The number of nitriles is 1. The number of anilines is 1. The Morgan fingerprint density at radius 2 is 1.76 bits per heavy atom. The van der Waals surface area contributed by atoms with Crippen LogP contribution in [0.15, 0.2) is 83.5 Å². The maximum Gasteiger partial charge on any atom is 0.355 e. The zero-order valence-corrected chi connectivity index (χ0v) is 19.0. The van der Waals surface area contributed by atoms with Crippen LogP contribution in [0.25, 0.3) is 10.8 Å². The summed E-state index contributed by atoms with van der Waals surface area (Å²) in [6.45, 7) is 0. The maximum absolute atomic E-state index is 13.1. The third kappa shape index (κ3) is 3.83. The van der Waals surface area contributed by atoms with Crippen molar-refractivity contribution < 1.29 is 19.1 Å². The maximum atomic E-state index is 13.1. The number of fused-ring (bicyclic) bond motifs is 1. The summed E-state index contributed by atoms with van der Waals surface area (Å²) < 4.78 is 10.1. The van der Waals surface area contributed by atoms with Gasteiger partial charge in [0, 0.05) is 17.3 Å². The van der Waals surface area contributed by atoms with Crippen molar-refractivity contribution in [1.29, 1.82) is 5.26 Å². The number of halogens is 1. The highest BCUT2D eigenvalue weighted by molar-refractivity contribution is 6.30. The lowest BCUT2D eigenvalue weighted by Gasteiger charge is -2.36. The molecule has 0 radical (unpaired) electrons. The van der Waals surface area contributed by atoms with E-state index in [2.05, 4.69) is 11.1 Å². The van der Waals surface area contributed by atoms with Crippen LogP contribution in [-0.4, -0.2) is 31.1 Å². The zero-order chi connectivity index (χ0) is 24.4. The van der Waals surface area contributed by atoms with Crippen LogP contribution in [0.2, 0.25) is 5.15 Å². The van der Waals surface area contributed by atoms with Gasteiger partial charge in [0.25, 0.3) is 0 Å². The first-order chi connectivity index (χ1) is 16.4. The van der Waals surface area contributed by atoms with Gasteiger partial charge in [-0.3, -0.25) is 4.90 Å². The van der Waals surface area contributed by atoms with Gasteiger partial charge in [0.1, 0.15) is 16.7 Å². The fourth-order valence-corrected chi connectivity index (χ4v) is 4.19. The molecule has 1 aromatic heterocycles. The highest BCUT2D eigenvalue weighted by atomic mass is 35.5. The number of esters is 2. The van der Waals surface area contributed by atoms with Crippen LogP contribution in [0, 0.1) is 11.3 Å². The molecule has 170 valence electrons. The Labute approximate surface area is 200 Å². The molecule has 0 fully saturated rings. The van der Waals surface area contributed by atoms with Crippen molar-refractivity contribution in [3.63, 3.8) is 0 Å². The van der Waals surface area contributed by atoms with Gasteiger partial charge in [0.05, 0.1) is 37.4 Å². The van der Waals surface area contributed by atoms with E-state index < -0.39 is 17.9 Å². The molecule has 0 spiro atoms. The van der Waals surface area contributed by atoms with E-state index in [1.165, 1.54) is 19.1 Å². The molecule has 2 heterocycles. The van der Waals surface area contributed by atoms with Crippen LogP contribution in [0.4, 0.5) is 5.69 Å². The SMILES string of the molecule is COC(=O)C1=C(C(=O)OC)N(c2ccc3cc(Cl)ncc3c2)C(N)=C(C#N)C1c1ccccc1. The number of nitrogens with two attached hydrogens (primary N) is 1. The summed E-state index contributed by atoms with van der Waals surface area (Å²) in [4.78, 5) is 31.6. The van der Waals surface area contributed by atoms with E-state index in [9.17, 15) is 14.9 Å². The number of rotatable bonds is 4. The first-order valence-electron chi connectivity index (χ1n) is 10.1. The van der Waals surface area contributed by atoms with Crippen molar-refractivity contribution in [2.24, 2.45) is 5.73 Å². The second kappa shape index (κ2) is 9.25. The summed E-state index contributed by atoms with van der Waals surface area (Å²) in [5, 5.41) is 11.9. The third-order valence-corrected chi connectivity index (χ3v) is 5.75. The molecule has 1 atom stereocenters. The minimum absolute atomic E-state index is 0.00863. The predicted molar refractivity (Wildman–Crippen MR) is 126 cm³/mol. The topological polar surface area (TPSA) is 119 Å². The molecule has 0 aliphatic carbocycles. The lowest BCUT2D eigenvalue weighted by atomic mass is 9.81. The minimum atomic E-state index is -0.926. The monoisotopic (exact) mass is 474 g/mol. The molecule has 1 aliphatic heterocycles. The van der Waals surface area contributed by atoms with Crippen molar-refractivity contribution in [2.45, 2.75) is 5.92 Å². The van der Waals surface area contributed by atoms with Crippen molar-refractivity contribution in [1.82, 2.24) is 4.98 Å². The molecule has 0 saturated carbocycles. The van der Waals surface area contributed by atoms with Crippen molar-refractivity contribution >= 4 is 40.0 Å². The quantitative estimate of drug-likeness (QED) is 0.448. The Hall–Kier alpha value is -4.35. The zero-order valence-electron chi connectivity index (χ0n) is 18.3. The van der Waals surface area contributed by atoms with Crippen LogP contribution in [0.5, 0.6) is 0 Å². The predicted octanol–water partition coefficient (Wildman–Crippen LogP) is 3.79. The molecule has 8 nitrogen and oxygen atoms in total. The molecule has 34 heavy (non-hydrogen) atoms. The largest absolute Gasteiger partial charge is 0.466 e. The summed E-state index contributed by atoms with van der Waals surface area (Å²) in [5.41, 5.74) is 7.42. The van der Waals surface area contributed by atoms with E-state index in [1.54, 1.807) is 60.8 Å². The molecular weight excluding hydrogens is 456 g/mol. The number of benzene rings is 2. The summed E-state index contributed by atoms with van der Waals surface area (Å²) in [6.07, 6.45) is 1.58. The van der Waals surface area contributed by atoms with Crippen LogP contribution in [0.1, 0.15) is 11.5 Å². The molecule has 3 aromatic rings. The number of hydrogen-bond donors (Lipinski definition) is 1. The number of carbonyl (C=O) groups is 2. The first kappa shape index (κ1) is 22.8. The van der Waals surface area contributed by atoms with Crippen LogP contribution < -0.4 is 10.6 Å². The van der Waals surface area contributed by atoms with Crippen LogP contribution >= 0.6 is 11.6 Å². The summed E-state index contributed by atoms with van der Waals surface area (Å²) in [6, 6.07) is 17.8. The smallest absolute Gasteiger partial charge is 0.355 e. The fraction of sp³-hybridized carbons (Fsp3) is 0.120. The number of aromatic nitrogens is 1. The Morgan fingerprint density at radius 1 is 1.06 bits per heavy atom.